The summed E-state index contributed by atoms with van der Waals surface area (Å²) in [6.45, 7) is 5.35. The first kappa shape index (κ1) is 27.8. The summed E-state index contributed by atoms with van der Waals surface area (Å²) in [4.78, 5) is 22.2. The van der Waals surface area contributed by atoms with E-state index in [1.54, 1.807) is 34.7 Å². The highest BCUT2D eigenvalue weighted by Crippen LogP contribution is 2.33. The molecule has 0 spiro atoms. The first-order valence-electron chi connectivity index (χ1n) is 12.8. The van der Waals surface area contributed by atoms with Crippen molar-refractivity contribution in [1.29, 1.82) is 0 Å². The van der Waals surface area contributed by atoms with Crippen LogP contribution in [0.15, 0.2) is 48.7 Å². The minimum absolute atomic E-state index is 0.00562. The number of hydrogen-bond donors (Lipinski definition) is 4. The van der Waals surface area contributed by atoms with E-state index in [1.807, 2.05) is 13.8 Å². The standard InChI is InChI=1S/C27H29ClFN7O3S/c1-15(2)26-34-23(24-25(30)32-13-22(36(24)26)27(37)33-18-9-10-31-12-18)16-7-8-21(20(29)11-16)35-40(38,39)14-17-5-3-4-6-19(17)28/h3-8,11,13,15,18,31,35H,9-10,12,14H2,1-2H3,(H2,30,32)(H,33,37)/t18-/m0/s1. The minimum Gasteiger partial charge on any atom is -0.382 e. The van der Waals surface area contributed by atoms with Crippen LogP contribution < -0.4 is 21.1 Å². The highest BCUT2D eigenvalue weighted by Gasteiger charge is 2.26. The fourth-order valence-electron chi connectivity index (χ4n) is 4.72. The summed E-state index contributed by atoms with van der Waals surface area (Å²) in [7, 11) is -3.96. The number of rotatable bonds is 8. The summed E-state index contributed by atoms with van der Waals surface area (Å²) < 4.78 is 44.7. The number of hydrogen-bond acceptors (Lipinski definition) is 7. The van der Waals surface area contributed by atoms with Crippen molar-refractivity contribution in [2.45, 2.75) is 38.0 Å². The Bertz CT molecular complexity index is 1700. The van der Waals surface area contributed by atoms with Crippen molar-refractivity contribution in [1.82, 2.24) is 25.0 Å². The van der Waals surface area contributed by atoms with E-state index in [2.05, 4.69) is 20.3 Å². The van der Waals surface area contributed by atoms with E-state index in [0.29, 0.717) is 39.7 Å². The predicted molar refractivity (Wildman–Crippen MR) is 153 cm³/mol. The number of nitrogens with two attached hydrogens (primary N) is 1. The van der Waals surface area contributed by atoms with Gasteiger partial charge in [0.2, 0.25) is 10.0 Å². The maximum Gasteiger partial charge on any atom is 0.270 e. The number of anilines is 2. The average Bonchev–Trinajstić information content (AvgIpc) is 3.55. The van der Waals surface area contributed by atoms with Gasteiger partial charge in [0.25, 0.3) is 5.91 Å². The molecule has 1 atom stereocenters. The van der Waals surface area contributed by atoms with Gasteiger partial charge in [-0.25, -0.2) is 22.8 Å². The molecule has 1 aliphatic rings. The van der Waals surface area contributed by atoms with Gasteiger partial charge < -0.3 is 16.4 Å². The molecule has 0 unspecified atom stereocenters. The number of nitrogens with zero attached hydrogens (tertiary/aromatic N) is 3. The summed E-state index contributed by atoms with van der Waals surface area (Å²) >= 11 is 6.09. The number of nitrogens with one attached hydrogen (secondary N) is 3. The van der Waals surface area contributed by atoms with Crippen LogP contribution in [0.3, 0.4) is 0 Å². The van der Waals surface area contributed by atoms with Gasteiger partial charge in [-0.3, -0.25) is 13.9 Å². The Hall–Kier alpha value is -3.74. The molecule has 5 N–H and O–H groups in total. The Kier molecular flexibility index (Phi) is 7.67. The van der Waals surface area contributed by atoms with E-state index >= 15 is 4.39 Å². The second-order valence-electron chi connectivity index (χ2n) is 10.00. The highest BCUT2D eigenvalue weighted by atomic mass is 35.5. The lowest BCUT2D eigenvalue weighted by Crippen LogP contribution is -2.37. The number of carbonyl (C=O) groups is 1. The molecule has 10 nitrogen and oxygen atoms in total. The number of halogens is 2. The normalized spacial score (nSPS) is 15.6. The van der Waals surface area contributed by atoms with Crippen LogP contribution in [0.2, 0.25) is 5.02 Å². The first-order chi connectivity index (χ1) is 19.0. The van der Waals surface area contributed by atoms with Gasteiger partial charge >= 0.3 is 0 Å². The molecule has 0 radical (unpaired) electrons. The first-order valence-corrected chi connectivity index (χ1v) is 14.8. The largest absolute Gasteiger partial charge is 0.382 e. The molecule has 13 heteroatoms. The lowest BCUT2D eigenvalue weighted by Gasteiger charge is -2.15. The number of benzene rings is 2. The highest BCUT2D eigenvalue weighted by molar-refractivity contribution is 7.91. The van der Waals surface area contributed by atoms with Crippen molar-refractivity contribution in [3.05, 3.63) is 76.6 Å². The minimum atomic E-state index is -3.96. The lowest BCUT2D eigenvalue weighted by molar-refractivity contribution is 0.0933. The number of fused-ring (bicyclic) bond motifs is 1. The van der Waals surface area contributed by atoms with Gasteiger partial charge in [0.05, 0.1) is 17.6 Å². The monoisotopic (exact) mass is 585 g/mol. The molecule has 1 amide bonds. The number of nitrogen functional groups attached to an aromatic ring is 1. The smallest absolute Gasteiger partial charge is 0.270 e. The molecular formula is C27H29ClFN7O3S. The van der Waals surface area contributed by atoms with Gasteiger partial charge in [0.1, 0.15) is 34.4 Å². The molecule has 1 aliphatic heterocycles. The van der Waals surface area contributed by atoms with Crippen LogP contribution in [-0.2, 0) is 15.8 Å². The molecule has 5 rings (SSSR count). The van der Waals surface area contributed by atoms with Crippen LogP contribution in [-0.4, -0.2) is 47.8 Å². The van der Waals surface area contributed by atoms with E-state index in [4.69, 9.17) is 22.3 Å². The summed E-state index contributed by atoms with van der Waals surface area (Å²) in [5, 5.41) is 6.53. The number of aromatic nitrogens is 3. The van der Waals surface area contributed by atoms with Crippen LogP contribution in [0.1, 0.15) is 48.1 Å². The Balaban J connectivity index is 1.50. The van der Waals surface area contributed by atoms with Gasteiger partial charge in [-0.05, 0) is 36.7 Å². The fourth-order valence-corrected chi connectivity index (χ4v) is 6.24. The summed E-state index contributed by atoms with van der Waals surface area (Å²) in [6.07, 6.45) is 2.23. The average molecular weight is 586 g/mol. The van der Waals surface area contributed by atoms with Crippen molar-refractivity contribution < 1.29 is 17.6 Å². The topological polar surface area (TPSA) is 144 Å². The molecule has 0 saturated carbocycles. The van der Waals surface area contributed by atoms with E-state index in [-0.39, 0.29) is 35.1 Å². The predicted octanol–water partition coefficient (Wildman–Crippen LogP) is 3.93. The summed E-state index contributed by atoms with van der Waals surface area (Å²) in [6, 6.07) is 10.6. The molecule has 2 aromatic carbocycles. The zero-order valence-corrected chi connectivity index (χ0v) is 23.5. The molecular weight excluding hydrogens is 557 g/mol. The Morgan fingerprint density at radius 3 is 2.73 bits per heavy atom. The molecule has 4 aromatic rings. The van der Waals surface area contributed by atoms with Crippen LogP contribution in [0.4, 0.5) is 15.9 Å². The second kappa shape index (κ2) is 11.0. The van der Waals surface area contributed by atoms with Crippen LogP contribution in [0.25, 0.3) is 16.8 Å². The molecule has 210 valence electrons. The molecule has 1 fully saturated rings. The van der Waals surface area contributed by atoms with Crippen LogP contribution >= 0.6 is 11.6 Å². The number of amides is 1. The van der Waals surface area contributed by atoms with Gasteiger partial charge in [0, 0.05) is 29.1 Å². The number of imidazole rings is 1. The van der Waals surface area contributed by atoms with Crippen LogP contribution in [0.5, 0.6) is 0 Å². The molecule has 3 heterocycles. The zero-order valence-electron chi connectivity index (χ0n) is 21.9. The lowest BCUT2D eigenvalue weighted by atomic mass is 10.1. The molecule has 1 saturated heterocycles. The quantitative estimate of drug-likeness (QED) is 0.245. The van der Waals surface area contributed by atoms with Crippen molar-refractivity contribution in [2.75, 3.05) is 23.5 Å². The van der Waals surface area contributed by atoms with Gasteiger partial charge in [-0.15, -0.1) is 0 Å². The SMILES string of the molecule is CC(C)c1nc(-c2ccc(NS(=O)(=O)Cc3ccccc3Cl)c(F)c2)c2c(N)ncc(C(=O)N[C@H]3CCNC3)n12. The van der Waals surface area contributed by atoms with Gasteiger partial charge in [0.15, 0.2) is 0 Å². The molecule has 40 heavy (non-hydrogen) atoms. The Morgan fingerprint density at radius 1 is 1.27 bits per heavy atom. The molecule has 2 aromatic heterocycles. The Labute approximate surface area is 236 Å². The summed E-state index contributed by atoms with van der Waals surface area (Å²) in [5.74, 6) is -0.963. The number of sulfonamides is 1. The third-order valence-electron chi connectivity index (χ3n) is 6.67. The summed E-state index contributed by atoms with van der Waals surface area (Å²) in [5.41, 5.74) is 7.75. The van der Waals surface area contributed by atoms with E-state index in [1.165, 1.54) is 18.3 Å². The van der Waals surface area contributed by atoms with E-state index in [9.17, 15) is 13.2 Å². The molecule has 0 aliphatic carbocycles. The van der Waals surface area contributed by atoms with Crippen molar-refractivity contribution >= 4 is 44.6 Å². The second-order valence-corrected chi connectivity index (χ2v) is 12.1. The third kappa shape index (κ3) is 5.60. The fraction of sp³-hybridized carbons (Fsp3) is 0.296. The van der Waals surface area contributed by atoms with Crippen LogP contribution in [0, 0.1) is 5.82 Å². The number of carbonyl (C=O) groups excluding carboxylic acids is 1. The van der Waals surface area contributed by atoms with E-state index < -0.39 is 21.6 Å². The maximum atomic E-state index is 15.3. The van der Waals surface area contributed by atoms with Gasteiger partial charge in [-0.1, -0.05) is 49.7 Å². The van der Waals surface area contributed by atoms with Crippen molar-refractivity contribution in [3.8, 4) is 11.3 Å². The van der Waals surface area contributed by atoms with Crippen molar-refractivity contribution in [3.63, 3.8) is 0 Å². The third-order valence-corrected chi connectivity index (χ3v) is 8.26. The maximum absolute atomic E-state index is 15.3. The van der Waals surface area contributed by atoms with Gasteiger partial charge in [-0.2, -0.15) is 0 Å². The van der Waals surface area contributed by atoms with E-state index in [0.717, 1.165) is 13.0 Å². The molecule has 0 bridgehead atoms. The Morgan fingerprint density at radius 2 is 2.05 bits per heavy atom. The zero-order chi connectivity index (χ0) is 28.6. The van der Waals surface area contributed by atoms with Crippen molar-refractivity contribution in [2.24, 2.45) is 0 Å².